The van der Waals surface area contributed by atoms with E-state index in [1.54, 1.807) is 23.1 Å². The fourth-order valence-corrected chi connectivity index (χ4v) is 5.04. The molecule has 2 aliphatic rings. The van der Waals surface area contributed by atoms with Crippen molar-refractivity contribution in [1.82, 2.24) is 14.7 Å². The van der Waals surface area contributed by atoms with Gasteiger partial charge in [0, 0.05) is 36.7 Å². The number of nitrogens with zero attached hydrogens (tertiary/aromatic N) is 3. The Bertz CT molecular complexity index is 1290. The molecule has 0 bridgehead atoms. The fraction of sp³-hybridized carbons (Fsp3) is 0.333. The third kappa shape index (κ3) is 3.95. The number of rotatable bonds is 5. The first-order chi connectivity index (χ1) is 15.3. The lowest BCUT2D eigenvalue weighted by molar-refractivity contribution is 0.0749. The van der Waals surface area contributed by atoms with Gasteiger partial charge >= 0.3 is 0 Å². The summed E-state index contributed by atoms with van der Waals surface area (Å²) in [7, 11) is -3.51. The molecular weight excluding hydrogens is 429 g/mol. The van der Waals surface area contributed by atoms with Gasteiger partial charge in [-0.3, -0.25) is 9.48 Å². The topological polar surface area (TPSA) is 72.3 Å². The van der Waals surface area contributed by atoms with Crippen LogP contribution in [0.25, 0.3) is 11.1 Å². The van der Waals surface area contributed by atoms with Crippen molar-refractivity contribution in [2.75, 3.05) is 6.26 Å². The Morgan fingerprint density at radius 2 is 1.97 bits per heavy atom. The number of aromatic nitrogens is 2. The van der Waals surface area contributed by atoms with E-state index in [0.717, 1.165) is 24.1 Å². The maximum Gasteiger partial charge on any atom is 0.255 e. The lowest BCUT2D eigenvalue weighted by Crippen LogP contribution is -2.27. The monoisotopic (exact) mass is 453 g/mol. The summed E-state index contributed by atoms with van der Waals surface area (Å²) >= 11 is 0. The van der Waals surface area contributed by atoms with Crippen LogP contribution >= 0.6 is 0 Å². The minimum atomic E-state index is -3.51. The largest absolute Gasteiger partial charge is 0.328 e. The summed E-state index contributed by atoms with van der Waals surface area (Å²) in [5, 5.41) is 4.67. The minimum Gasteiger partial charge on any atom is -0.328 e. The Hall–Kier alpha value is -3.00. The summed E-state index contributed by atoms with van der Waals surface area (Å²) in [6, 6.07) is 10.4. The quantitative estimate of drug-likeness (QED) is 0.584. The van der Waals surface area contributed by atoms with Crippen LogP contribution in [-0.2, 0) is 29.5 Å². The van der Waals surface area contributed by atoms with Gasteiger partial charge in [-0.2, -0.15) is 5.10 Å². The molecule has 0 atom stereocenters. The van der Waals surface area contributed by atoms with Crippen molar-refractivity contribution in [2.45, 2.75) is 43.8 Å². The second kappa shape index (κ2) is 7.85. The average Bonchev–Trinajstić information content (AvgIpc) is 3.28. The number of sulfone groups is 1. The first-order valence-electron chi connectivity index (χ1n) is 10.7. The zero-order chi connectivity index (χ0) is 22.5. The fourth-order valence-electron chi connectivity index (χ4n) is 4.40. The second-order valence-electron chi connectivity index (χ2n) is 8.77. The van der Waals surface area contributed by atoms with E-state index in [4.69, 9.17) is 0 Å². The molecule has 0 spiro atoms. The van der Waals surface area contributed by atoms with Crippen molar-refractivity contribution in [3.63, 3.8) is 0 Å². The molecule has 0 saturated heterocycles. The number of hydrogen-bond acceptors (Lipinski definition) is 4. The first-order valence-corrected chi connectivity index (χ1v) is 12.6. The van der Waals surface area contributed by atoms with E-state index in [-0.39, 0.29) is 16.4 Å². The molecule has 3 aromatic rings. The maximum absolute atomic E-state index is 13.8. The molecule has 0 unspecified atom stereocenters. The maximum atomic E-state index is 13.8. The molecule has 5 rings (SSSR count). The molecule has 8 heteroatoms. The van der Waals surface area contributed by atoms with Crippen molar-refractivity contribution in [1.29, 1.82) is 0 Å². The van der Waals surface area contributed by atoms with E-state index in [2.05, 4.69) is 5.10 Å². The lowest BCUT2D eigenvalue weighted by atomic mass is 9.85. The Morgan fingerprint density at radius 1 is 1.16 bits per heavy atom. The van der Waals surface area contributed by atoms with Crippen LogP contribution in [0.2, 0.25) is 0 Å². The summed E-state index contributed by atoms with van der Waals surface area (Å²) in [5.74, 6) is -0.0199. The van der Waals surface area contributed by atoms with Crippen molar-refractivity contribution in [3.8, 4) is 11.1 Å². The molecule has 1 fully saturated rings. The van der Waals surface area contributed by atoms with Crippen LogP contribution in [0.15, 0.2) is 53.6 Å². The second-order valence-corrected chi connectivity index (χ2v) is 10.8. The van der Waals surface area contributed by atoms with Gasteiger partial charge in [0.05, 0.1) is 17.1 Å². The molecule has 6 nitrogen and oxygen atoms in total. The SMILES string of the molecule is CS(=O)(=O)c1ccc(-c2cccc(F)c2)c(C(=O)N2Cc3cn(CC4CCC4)nc3C2)c1. The predicted octanol–water partition coefficient (Wildman–Crippen LogP) is 4.05. The molecular formula is C24H24FN3O3S. The number of amides is 1. The molecule has 0 N–H and O–H groups in total. The number of halogens is 1. The lowest BCUT2D eigenvalue weighted by Gasteiger charge is -2.25. The number of carbonyl (C=O) groups is 1. The number of carbonyl (C=O) groups excluding carboxylic acids is 1. The Labute approximate surface area is 186 Å². The molecule has 1 aliphatic heterocycles. The summed E-state index contributed by atoms with van der Waals surface area (Å²) in [5.41, 5.74) is 3.16. The molecule has 2 aromatic carbocycles. The van der Waals surface area contributed by atoms with Crippen molar-refractivity contribution in [3.05, 3.63) is 71.3 Å². The summed E-state index contributed by atoms with van der Waals surface area (Å²) in [4.78, 5) is 15.2. The van der Waals surface area contributed by atoms with Crippen LogP contribution in [0.5, 0.6) is 0 Å². The van der Waals surface area contributed by atoms with E-state index in [1.165, 1.54) is 43.5 Å². The van der Waals surface area contributed by atoms with Gasteiger partial charge in [0.15, 0.2) is 9.84 Å². The Morgan fingerprint density at radius 3 is 2.62 bits per heavy atom. The van der Waals surface area contributed by atoms with Crippen LogP contribution in [0.4, 0.5) is 4.39 Å². The van der Waals surface area contributed by atoms with E-state index >= 15 is 0 Å². The van der Waals surface area contributed by atoms with E-state index in [9.17, 15) is 17.6 Å². The van der Waals surface area contributed by atoms with E-state index < -0.39 is 15.7 Å². The number of fused-ring (bicyclic) bond motifs is 1. The highest BCUT2D eigenvalue weighted by atomic mass is 32.2. The smallest absolute Gasteiger partial charge is 0.255 e. The Kier molecular flexibility index (Phi) is 5.12. The van der Waals surface area contributed by atoms with Crippen molar-refractivity contribution in [2.24, 2.45) is 5.92 Å². The highest BCUT2D eigenvalue weighted by Gasteiger charge is 2.30. The van der Waals surface area contributed by atoms with Crippen LogP contribution in [0.3, 0.4) is 0 Å². The van der Waals surface area contributed by atoms with Crippen LogP contribution in [-0.4, -0.2) is 35.3 Å². The van der Waals surface area contributed by atoms with Gasteiger partial charge in [-0.05, 0) is 54.2 Å². The van der Waals surface area contributed by atoms with Gasteiger partial charge in [0.2, 0.25) is 0 Å². The van der Waals surface area contributed by atoms with Crippen molar-refractivity contribution < 1.29 is 17.6 Å². The highest BCUT2D eigenvalue weighted by molar-refractivity contribution is 7.90. The summed E-state index contributed by atoms with van der Waals surface area (Å²) in [6.07, 6.45) is 6.90. The molecule has 2 heterocycles. The Balaban J connectivity index is 1.45. The minimum absolute atomic E-state index is 0.0589. The predicted molar refractivity (Wildman–Crippen MR) is 118 cm³/mol. The van der Waals surface area contributed by atoms with E-state index in [1.807, 2.05) is 10.9 Å². The van der Waals surface area contributed by atoms with E-state index in [0.29, 0.717) is 30.1 Å². The molecule has 1 saturated carbocycles. The summed E-state index contributed by atoms with van der Waals surface area (Å²) in [6.45, 7) is 1.71. The van der Waals surface area contributed by atoms with Crippen LogP contribution in [0.1, 0.15) is 40.9 Å². The first kappa shape index (κ1) is 20.9. The van der Waals surface area contributed by atoms with Gasteiger partial charge in [-0.25, -0.2) is 12.8 Å². The standard InChI is InChI=1S/C24H24FN3O3S/c1-32(30,31)20-8-9-21(17-6-3-7-19(25)10-17)22(11-20)24(29)27-13-18-14-28(26-23(18)15-27)12-16-4-2-5-16/h3,6-11,14,16H,2,4-5,12-13,15H2,1H3. The van der Waals surface area contributed by atoms with Gasteiger partial charge < -0.3 is 4.90 Å². The van der Waals surface area contributed by atoms with Gasteiger partial charge in [-0.1, -0.05) is 24.6 Å². The normalized spacial score (nSPS) is 16.1. The van der Waals surface area contributed by atoms with Crippen LogP contribution in [0, 0.1) is 11.7 Å². The van der Waals surface area contributed by atoms with Gasteiger partial charge in [-0.15, -0.1) is 0 Å². The van der Waals surface area contributed by atoms with Crippen LogP contribution < -0.4 is 0 Å². The molecule has 1 aromatic heterocycles. The average molecular weight is 454 g/mol. The van der Waals surface area contributed by atoms with Gasteiger partial charge in [0.1, 0.15) is 5.82 Å². The third-order valence-corrected chi connectivity index (χ3v) is 7.48. The molecule has 1 aliphatic carbocycles. The zero-order valence-electron chi connectivity index (χ0n) is 17.8. The van der Waals surface area contributed by atoms with Gasteiger partial charge in [0.25, 0.3) is 5.91 Å². The molecule has 1 amide bonds. The molecule has 0 radical (unpaired) electrons. The molecule has 32 heavy (non-hydrogen) atoms. The third-order valence-electron chi connectivity index (χ3n) is 6.37. The number of hydrogen-bond donors (Lipinski definition) is 0. The zero-order valence-corrected chi connectivity index (χ0v) is 18.6. The van der Waals surface area contributed by atoms with Crippen molar-refractivity contribution >= 4 is 15.7 Å². The molecule has 166 valence electrons. The highest BCUT2D eigenvalue weighted by Crippen LogP contribution is 2.32. The number of benzene rings is 2. The summed E-state index contributed by atoms with van der Waals surface area (Å²) < 4.78 is 40.1.